The molecular formula is C30H37N3O5. The maximum absolute atomic E-state index is 13.6. The standard InChI is InChI=1S/C30H37N3O5/c1-37-21-12-13-22-23(17-21)24-18-28(22)38-15-6-5-10-26(33-14-7-11-29(33)35)30(36)32-25(27(34)19-31-24)16-20-8-3-2-4-9-20/h2-6,8-9,12-13,17,24-28,31,34H,7,10-11,14-16,18-19H2,1H3,(H,32,36)/b6-5+/t24?,25-,26?,27+,28?/m0/s1. The molecule has 202 valence electrons. The number of aliphatic hydroxyl groups excluding tert-OH is 1. The van der Waals surface area contributed by atoms with Crippen molar-refractivity contribution in [3.8, 4) is 5.75 Å². The van der Waals surface area contributed by atoms with Gasteiger partial charge in [0.15, 0.2) is 0 Å². The number of rotatable bonds is 4. The van der Waals surface area contributed by atoms with Crippen LogP contribution >= 0.6 is 0 Å². The molecule has 0 radical (unpaired) electrons. The van der Waals surface area contributed by atoms with Crippen LogP contribution in [-0.4, -0.2) is 66.8 Å². The average molecular weight is 520 g/mol. The molecule has 8 heteroatoms. The number of amides is 2. The van der Waals surface area contributed by atoms with Crippen LogP contribution in [0.2, 0.25) is 0 Å². The molecule has 5 atom stereocenters. The highest BCUT2D eigenvalue weighted by Gasteiger charge is 2.36. The van der Waals surface area contributed by atoms with Crippen molar-refractivity contribution < 1.29 is 24.2 Å². The first kappa shape index (κ1) is 26.4. The fourth-order valence-electron chi connectivity index (χ4n) is 5.77. The third-order valence-electron chi connectivity index (χ3n) is 7.84. The molecule has 0 aromatic heterocycles. The first-order valence-electron chi connectivity index (χ1n) is 13.5. The van der Waals surface area contributed by atoms with Gasteiger partial charge in [0.25, 0.3) is 0 Å². The number of methoxy groups -OCH3 is 1. The smallest absolute Gasteiger partial charge is 0.243 e. The van der Waals surface area contributed by atoms with Gasteiger partial charge in [-0.2, -0.15) is 0 Å². The highest BCUT2D eigenvalue weighted by Crippen LogP contribution is 2.42. The number of carbonyl (C=O) groups is 2. The van der Waals surface area contributed by atoms with E-state index in [9.17, 15) is 14.7 Å². The Hall–Kier alpha value is -3.20. The summed E-state index contributed by atoms with van der Waals surface area (Å²) in [4.78, 5) is 27.8. The lowest BCUT2D eigenvalue weighted by Gasteiger charge is -2.31. The molecule has 3 aliphatic rings. The topological polar surface area (TPSA) is 100 Å². The zero-order valence-electron chi connectivity index (χ0n) is 21.8. The number of fused-ring (bicyclic) bond motifs is 5. The first-order chi connectivity index (χ1) is 18.5. The molecule has 2 bridgehead atoms. The van der Waals surface area contributed by atoms with Gasteiger partial charge in [-0.1, -0.05) is 48.6 Å². The van der Waals surface area contributed by atoms with Crippen LogP contribution in [0.1, 0.15) is 54.5 Å². The zero-order chi connectivity index (χ0) is 26.5. The second kappa shape index (κ2) is 12.1. The summed E-state index contributed by atoms with van der Waals surface area (Å²) in [6.45, 7) is 1.26. The minimum Gasteiger partial charge on any atom is -0.497 e. The summed E-state index contributed by atoms with van der Waals surface area (Å²) in [5, 5.41) is 18.0. The van der Waals surface area contributed by atoms with Crippen LogP contribution < -0.4 is 15.4 Å². The molecule has 2 amide bonds. The summed E-state index contributed by atoms with van der Waals surface area (Å²) in [7, 11) is 1.65. The van der Waals surface area contributed by atoms with E-state index in [2.05, 4.69) is 16.7 Å². The number of aliphatic hydroxyl groups is 1. The Labute approximate surface area is 224 Å². The minimum absolute atomic E-state index is 0.00103. The Bertz CT molecular complexity index is 1150. The maximum Gasteiger partial charge on any atom is 0.243 e. The van der Waals surface area contributed by atoms with E-state index in [4.69, 9.17) is 9.47 Å². The van der Waals surface area contributed by atoms with Crippen LogP contribution in [0.5, 0.6) is 5.75 Å². The van der Waals surface area contributed by atoms with Crippen LogP contribution in [0.4, 0.5) is 0 Å². The van der Waals surface area contributed by atoms with Crippen molar-refractivity contribution in [2.45, 2.75) is 62.4 Å². The molecule has 8 nitrogen and oxygen atoms in total. The van der Waals surface area contributed by atoms with Crippen molar-refractivity contribution >= 4 is 11.8 Å². The summed E-state index contributed by atoms with van der Waals surface area (Å²) >= 11 is 0. The van der Waals surface area contributed by atoms with Crippen LogP contribution in [0.3, 0.4) is 0 Å². The molecule has 1 aliphatic carbocycles. The summed E-state index contributed by atoms with van der Waals surface area (Å²) in [5.74, 6) is 0.541. The van der Waals surface area contributed by atoms with E-state index in [1.807, 2.05) is 54.6 Å². The number of nitrogens with zero attached hydrogens (tertiary/aromatic N) is 1. The van der Waals surface area contributed by atoms with Gasteiger partial charge in [0.05, 0.1) is 32.0 Å². The van der Waals surface area contributed by atoms with Crippen molar-refractivity contribution in [2.75, 3.05) is 26.8 Å². The van der Waals surface area contributed by atoms with Crippen molar-refractivity contribution in [2.24, 2.45) is 0 Å². The van der Waals surface area contributed by atoms with Crippen molar-refractivity contribution in [1.82, 2.24) is 15.5 Å². The maximum atomic E-state index is 13.6. The molecule has 0 saturated carbocycles. The summed E-state index contributed by atoms with van der Waals surface area (Å²) in [5.41, 5.74) is 3.25. The quantitative estimate of drug-likeness (QED) is 0.538. The fourth-order valence-corrected chi connectivity index (χ4v) is 5.77. The molecule has 2 aromatic carbocycles. The van der Waals surface area contributed by atoms with Crippen molar-refractivity contribution in [1.29, 1.82) is 0 Å². The van der Waals surface area contributed by atoms with E-state index >= 15 is 0 Å². The predicted molar refractivity (Wildman–Crippen MR) is 144 cm³/mol. The molecular weight excluding hydrogens is 482 g/mol. The number of benzene rings is 2. The van der Waals surface area contributed by atoms with Gasteiger partial charge in [-0.25, -0.2) is 0 Å². The van der Waals surface area contributed by atoms with Gasteiger partial charge in [-0.05, 0) is 54.5 Å². The number of carbonyl (C=O) groups excluding carboxylic acids is 2. The number of likely N-dealkylation sites (tertiary alicyclic amines) is 1. The molecule has 3 unspecified atom stereocenters. The van der Waals surface area contributed by atoms with Gasteiger partial charge in [-0.15, -0.1) is 0 Å². The Morgan fingerprint density at radius 2 is 1.95 bits per heavy atom. The number of hydrogen-bond donors (Lipinski definition) is 3. The third-order valence-corrected chi connectivity index (χ3v) is 7.84. The monoisotopic (exact) mass is 519 g/mol. The van der Waals surface area contributed by atoms with Gasteiger partial charge in [0.2, 0.25) is 11.8 Å². The normalized spacial score (nSPS) is 29.2. The summed E-state index contributed by atoms with van der Waals surface area (Å²) in [6.07, 6.45) is 5.76. The Kier molecular flexibility index (Phi) is 8.42. The van der Waals surface area contributed by atoms with Crippen molar-refractivity contribution in [3.63, 3.8) is 0 Å². The lowest BCUT2D eigenvalue weighted by Crippen LogP contribution is -2.55. The first-order valence-corrected chi connectivity index (χ1v) is 13.5. The molecule has 3 N–H and O–H groups in total. The number of hydrogen-bond acceptors (Lipinski definition) is 6. The van der Waals surface area contributed by atoms with Gasteiger partial charge in [0.1, 0.15) is 11.8 Å². The van der Waals surface area contributed by atoms with Crippen LogP contribution in [0.15, 0.2) is 60.7 Å². The summed E-state index contributed by atoms with van der Waals surface area (Å²) in [6, 6.07) is 14.7. The largest absolute Gasteiger partial charge is 0.497 e. The molecule has 5 rings (SSSR count). The highest BCUT2D eigenvalue weighted by atomic mass is 16.5. The van der Waals surface area contributed by atoms with E-state index in [1.165, 1.54) is 0 Å². The summed E-state index contributed by atoms with van der Waals surface area (Å²) < 4.78 is 11.7. The van der Waals surface area contributed by atoms with Gasteiger partial charge in [0, 0.05) is 25.6 Å². The van der Waals surface area contributed by atoms with Gasteiger partial charge < -0.3 is 30.1 Å². The van der Waals surface area contributed by atoms with E-state index in [1.54, 1.807) is 12.0 Å². The van der Waals surface area contributed by atoms with Crippen LogP contribution in [0, 0.1) is 0 Å². The Morgan fingerprint density at radius 1 is 1.11 bits per heavy atom. The SMILES string of the molecule is COc1ccc2c(c1)C1CC2OC/C=C/CC(N2CCCC2=O)C(=O)N[C@@H](Cc2ccccc2)[C@H](O)CN1. The van der Waals surface area contributed by atoms with Crippen LogP contribution in [0.25, 0.3) is 0 Å². The van der Waals surface area contributed by atoms with Gasteiger partial charge in [-0.3, -0.25) is 9.59 Å². The molecule has 38 heavy (non-hydrogen) atoms. The molecule has 2 heterocycles. The fraction of sp³-hybridized carbons (Fsp3) is 0.467. The Morgan fingerprint density at radius 3 is 2.71 bits per heavy atom. The molecule has 0 spiro atoms. The third kappa shape index (κ3) is 5.93. The molecule has 1 fully saturated rings. The predicted octanol–water partition coefficient (Wildman–Crippen LogP) is 2.83. The lowest BCUT2D eigenvalue weighted by atomic mass is 9.99. The van der Waals surface area contributed by atoms with Crippen molar-refractivity contribution in [3.05, 3.63) is 77.4 Å². The number of nitrogens with one attached hydrogen (secondary N) is 2. The number of β-amino-alcohol motifs (C(OH)–C–C–N with tert-alkyl or cyclic N) is 1. The van der Waals surface area contributed by atoms with E-state index in [0.29, 0.717) is 32.4 Å². The minimum atomic E-state index is -0.844. The number of ether oxygens (including phenoxy) is 2. The molecule has 2 aliphatic heterocycles. The zero-order valence-corrected chi connectivity index (χ0v) is 21.8. The average Bonchev–Trinajstić information content (AvgIpc) is 3.51. The Balaban J connectivity index is 1.43. The highest BCUT2D eigenvalue weighted by molar-refractivity contribution is 5.89. The second-order valence-electron chi connectivity index (χ2n) is 10.3. The molecule has 2 aromatic rings. The molecule has 1 saturated heterocycles. The second-order valence-corrected chi connectivity index (χ2v) is 10.3. The van der Waals surface area contributed by atoms with Crippen LogP contribution in [-0.2, 0) is 20.7 Å². The lowest BCUT2D eigenvalue weighted by molar-refractivity contribution is -0.138. The van der Waals surface area contributed by atoms with Gasteiger partial charge >= 0.3 is 0 Å². The van der Waals surface area contributed by atoms with E-state index in [0.717, 1.165) is 35.3 Å². The van der Waals surface area contributed by atoms with E-state index in [-0.39, 0.29) is 30.5 Å². The van der Waals surface area contributed by atoms with E-state index < -0.39 is 18.2 Å².